The molecular weight excluding hydrogens is 418 g/mol. The van der Waals surface area contributed by atoms with Gasteiger partial charge in [0.25, 0.3) is 5.89 Å². The first-order valence-corrected chi connectivity index (χ1v) is 10.4. The first-order valence-electron chi connectivity index (χ1n) is 10.4. The molecule has 2 aromatic heterocycles. The van der Waals surface area contributed by atoms with E-state index in [2.05, 4.69) is 20.6 Å². The maximum absolute atomic E-state index is 12.7. The van der Waals surface area contributed by atoms with Gasteiger partial charge in [0.15, 0.2) is 5.69 Å². The highest BCUT2D eigenvalue weighted by molar-refractivity contribution is 5.94. The van der Waals surface area contributed by atoms with E-state index in [-0.39, 0.29) is 12.5 Å². The monoisotopic (exact) mass is 439 g/mol. The molecule has 0 aliphatic heterocycles. The van der Waals surface area contributed by atoms with Gasteiger partial charge in [0.1, 0.15) is 12.3 Å². The second kappa shape index (κ2) is 8.58. The van der Waals surface area contributed by atoms with Crippen molar-refractivity contribution in [2.45, 2.75) is 13.5 Å². The van der Waals surface area contributed by atoms with E-state index in [4.69, 9.17) is 9.26 Å². The van der Waals surface area contributed by atoms with Crippen molar-refractivity contribution in [3.8, 4) is 28.7 Å². The Morgan fingerprint density at radius 2 is 1.91 bits per heavy atom. The second-order valence-corrected chi connectivity index (χ2v) is 7.60. The molecule has 0 atom stereocenters. The lowest BCUT2D eigenvalue weighted by Gasteiger charge is -2.07. The number of carbonyl (C=O) groups excluding carboxylic acids is 1. The highest BCUT2D eigenvalue weighted by Gasteiger charge is 2.20. The zero-order valence-electron chi connectivity index (χ0n) is 18.1. The third-order valence-corrected chi connectivity index (χ3v) is 5.21. The Kier molecular flexibility index (Phi) is 5.32. The number of aromatic nitrogens is 4. The molecule has 164 valence electrons. The summed E-state index contributed by atoms with van der Waals surface area (Å²) in [7, 11) is 1.58. The number of amides is 1. The van der Waals surface area contributed by atoms with Crippen LogP contribution < -0.4 is 10.1 Å². The Labute approximate surface area is 189 Å². The normalized spacial score (nSPS) is 11.0. The molecule has 2 heterocycles. The molecule has 0 spiro atoms. The predicted molar refractivity (Wildman–Crippen MR) is 125 cm³/mol. The summed E-state index contributed by atoms with van der Waals surface area (Å²) < 4.78 is 12.4. The van der Waals surface area contributed by atoms with Gasteiger partial charge in [-0.3, -0.25) is 9.48 Å². The summed E-state index contributed by atoms with van der Waals surface area (Å²) >= 11 is 0. The molecule has 0 unspecified atom stereocenters. The molecule has 0 fully saturated rings. The molecule has 5 rings (SSSR count). The molecule has 8 nitrogen and oxygen atoms in total. The van der Waals surface area contributed by atoms with Crippen molar-refractivity contribution in [1.29, 1.82) is 0 Å². The highest BCUT2D eigenvalue weighted by Crippen LogP contribution is 2.29. The molecule has 0 saturated carbocycles. The first-order chi connectivity index (χ1) is 16.1. The number of aryl methyl sites for hydroxylation is 1. The van der Waals surface area contributed by atoms with Gasteiger partial charge in [0, 0.05) is 22.7 Å². The Bertz CT molecular complexity index is 1450. The van der Waals surface area contributed by atoms with Crippen LogP contribution in [0.2, 0.25) is 0 Å². The highest BCUT2D eigenvalue weighted by atomic mass is 16.5. The zero-order chi connectivity index (χ0) is 22.8. The number of ether oxygens (including phenoxy) is 1. The van der Waals surface area contributed by atoms with Crippen LogP contribution in [0.25, 0.3) is 33.9 Å². The number of nitrogens with zero attached hydrogens (tertiary/aromatic N) is 4. The van der Waals surface area contributed by atoms with Crippen LogP contribution in [0.5, 0.6) is 5.75 Å². The molecule has 0 bridgehead atoms. The average molecular weight is 439 g/mol. The topological polar surface area (TPSA) is 95.1 Å². The molecular formula is C25H21N5O3. The van der Waals surface area contributed by atoms with Crippen molar-refractivity contribution in [2.24, 2.45) is 0 Å². The van der Waals surface area contributed by atoms with Crippen LogP contribution >= 0.6 is 0 Å². The third-order valence-electron chi connectivity index (χ3n) is 5.21. The van der Waals surface area contributed by atoms with Crippen LogP contribution in [0.3, 0.4) is 0 Å². The van der Waals surface area contributed by atoms with Crippen molar-refractivity contribution in [1.82, 2.24) is 19.9 Å². The molecule has 5 aromatic rings. The SMILES string of the molecule is COc1cccc(NC(=O)Cn2nc(-c3nc(-c4cccc(C)c4)no3)c3ccccc32)c1. The van der Waals surface area contributed by atoms with Gasteiger partial charge < -0.3 is 14.6 Å². The number of hydrogen-bond acceptors (Lipinski definition) is 6. The van der Waals surface area contributed by atoms with Gasteiger partial charge in [-0.25, -0.2) is 0 Å². The summed E-state index contributed by atoms with van der Waals surface area (Å²) in [6.45, 7) is 2.03. The Morgan fingerprint density at radius 3 is 2.76 bits per heavy atom. The van der Waals surface area contributed by atoms with E-state index in [0.717, 1.165) is 22.0 Å². The van der Waals surface area contributed by atoms with E-state index < -0.39 is 0 Å². The smallest absolute Gasteiger partial charge is 0.279 e. The molecule has 33 heavy (non-hydrogen) atoms. The van der Waals surface area contributed by atoms with Crippen LogP contribution in [0, 0.1) is 6.92 Å². The summed E-state index contributed by atoms with van der Waals surface area (Å²) in [5.74, 6) is 1.24. The maximum atomic E-state index is 12.7. The van der Waals surface area contributed by atoms with Gasteiger partial charge in [0.05, 0.1) is 12.6 Å². The van der Waals surface area contributed by atoms with Crippen LogP contribution in [0.15, 0.2) is 77.3 Å². The van der Waals surface area contributed by atoms with Crippen LogP contribution in [0.4, 0.5) is 5.69 Å². The standard InChI is InChI=1S/C25H21N5O3/c1-16-7-5-8-17(13-16)24-27-25(33-29-24)23-20-11-3-4-12-21(20)30(28-23)15-22(31)26-18-9-6-10-19(14-18)32-2/h3-14H,15H2,1-2H3,(H,26,31). The van der Waals surface area contributed by atoms with E-state index in [0.29, 0.717) is 28.8 Å². The minimum Gasteiger partial charge on any atom is -0.497 e. The Balaban J connectivity index is 1.44. The van der Waals surface area contributed by atoms with Gasteiger partial charge in [-0.1, -0.05) is 53.2 Å². The number of hydrogen-bond donors (Lipinski definition) is 1. The maximum Gasteiger partial charge on any atom is 0.279 e. The Morgan fingerprint density at radius 1 is 1.06 bits per heavy atom. The number of fused-ring (bicyclic) bond motifs is 1. The van der Waals surface area contributed by atoms with E-state index in [1.165, 1.54) is 0 Å². The summed E-state index contributed by atoms with van der Waals surface area (Å²) in [5, 5.41) is 12.5. The number of benzene rings is 3. The molecule has 0 aliphatic carbocycles. The number of para-hydroxylation sites is 1. The van der Waals surface area contributed by atoms with Gasteiger partial charge in [0.2, 0.25) is 11.7 Å². The number of methoxy groups -OCH3 is 1. The van der Waals surface area contributed by atoms with Crippen molar-refractivity contribution in [3.63, 3.8) is 0 Å². The van der Waals surface area contributed by atoms with Crippen molar-refractivity contribution < 1.29 is 14.1 Å². The van der Waals surface area contributed by atoms with E-state index in [1.807, 2.05) is 67.6 Å². The molecule has 1 N–H and O–H groups in total. The fourth-order valence-corrected chi connectivity index (χ4v) is 3.66. The van der Waals surface area contributed by atoms with Gasteiger partial charge in [-0.2, -0.15) is 10.1 Å². The lowest BCUT2D eigenvalue weighted by atomic mass is 10.1. The molecule has 8 heteroatoms. The molecule has 0 radical (unpaired) electrons. The number of anilines is 1. The molecule has 0 saturated heterocycles. The van der Waals surface area contributed by atoms with E-state index in [9.17, 15) is 4.79 Å². The zero-order valence-corrected chi connectivity index (χ0v) is 18.1. The summed E-state index contributed by atoms with van der Waals surface area (Å²) in [6.07, 6.45) is 0. The molecule has 0 aliphatic rings. The first kappa shape index (κ1) is 20.4. The lowest BCUT2D eigenvalue weighted by molar-refractivity contribution is -0.116. The van der Waals surface area contributed by atoms with Crippen LogP contribution in [0.1, 0.15) is 5.56 Å². The van der Waals surface area contributed by atoms with Crippen molar-refractivity contribution in [3.05, 3.63) is 78.4 Å². The second-order valence-electron chi connectivity index (χ2n) is 7.60. The minimum atomic E-state index is -0.214. The van der Waals surface area contributed by atoms with Gasteiger partial charge >= 0.3 is 0 Å². The largest absolute Gasteiger partial charge is 0.497 e. The van der Waals surface area contributed by atoms with Crippen LogP contribution in [-0.2, 0) is 11.3 Å². The average Bonchev–Trinajstić information content (AvgIpc) is 3.45. The lowest BCUT2D eigenvalue weighted by Crippen LogP contribution is -2.19. The van der Waals surface area contributed by atoms with Crippen molar-refractivity contribution in [2.75, 3.05) is 12.4 Å². The van der Waals surface area contributed by atoms with E-state index >= 15 is 0 Å². The van der Waals surface area contributed by atoms with Gasteiger partial charge in [-0.05, 0) is 31.2 Å². The minimum absolute atomic E-state index is 0.0244. The Hall–Kier alpha value is -4.46. The summed E-state index contributed by atoms with van der Waals surface area (Å²) in [4.78, 5) is 17.3. The number of carbonyl (C=O) groups is 1. The molecule has 3 aromatic carbocycles. The van der Waals surface area contributed by atoms with Crippen molar-refractivity contribution >= 4 is 22.5 Å². The summed E-state index contributed by atoms with van der Waals surface area (Å²) in [5.41, 5.74) is 3.95. The third kappa shape index (κ3) is 4.18. The predicted octanol–water partition coefficient (Wildman–Crippen LogP) is 4.71. The quantitative estimate of drug-likeness (QED) is 0.412. The fourth-order valence-electron chi connectivity index (χ4n) is 3.66. The van der Waals surface area contributed by atoms with Gasteiger partial charge in [-0.15, -0.1) is 0 Å². The fraction of sp³-hybridized carbons (Fsp3) is 0.120. The van der Waals surface area contributed by atoms with Crippen LogP contribution in [-0.4, -0.2) is 32.9 Å². The molecule has 1 amide bonds. The number of rotatable bonds is 6. The number of nitrogens with one attached hydrogen (secondary N) is 1. The van der Waals surface area contributed by atoms with E-state index in [1.54, 1.807) is 23.9 Å². The summed E-state index contributed by atoms with van der Waals surface area (Å²) in [6, 6.07) is 22.7.